The van der Waals surface area contributed by atoms with Crippen molar-refractivity contribution in [2.45, 2.75) is 81.3 Å². The summed E-state index contributed by atoms with van der Waals surface area (Å²) in [6.45, 7) is 4.37. The lowest BCUT2D eigenvalue weighted by Crippen LogP contribution is -2.67. The third-order valence-electron chi connectivity index (χ3n) is 14.7. The number of allylic oxidation sites excluding steroid dienone is 4. The summed E-state index contributed by atoms with van der Waals surface area (Å²) >= 11 is 1.16. The van der Waals surface area contributed by atoms with Crippen LogP contribution in [0.25, 0.3) is 0 Å². The van der Waals surface area contributed by atoms with Crippen molar-refractivity contribution in [3.05, 3.63) is 94.9 Å². The Labute approximate surface area is 322 Å². The van der Waals surface area contributed by atoms with Crippen LogP contribution in [0.15, 0.2) is 88.0 Å². The van der Waals surface area contributed by atoms with Crippen molar-refractivity contribution in [2.24, 2.45) is 33.5 Å². The smallest absolute Gasteiger partial charge is 0.252 e. The second-order valence-electron chi connectivity index (χ2n) is 16.8. The van der Waals surface area contributed by atoms with Crippen LogP contribution in [0.1, 0.15) is 74.7 Å². The minimum absolute atomic E-state index is 0.00580. The van der Waals surface area contributed by atoms with Crippen LogP contribution >= 0.6 is 11.3 Å². The van der Waals surface area contributed by atoms with E-state index in [1.807, 2.05) is 30.3 Å². The molecule has 3 aromatic rings. The number of benzene rings is 2. The number of carbonyl (C=O) groups excluding carboxylic acids is 1. The predicted octanol–water partition coefficient (Wildman–Crippen LogP) is 7.44. The highest BCUT2D eigenvalue weighted by molar-refractivity contribution is 7.91. The Morgan fingerprint density at radius 1 is 0.889 bits per heavy atom. The number of aliphatic hydroxyl groups excluding tert-OH is 1. The fourth-order valence-electron chi connectivity index (χ4n) is 11.7. The van der Waals surface area contributed by atoms with Gasteiger partial charge in [-0.3, -0.25) is 4.79 Å². The van der Waals surface area contributed by atoms with Crippen LogP contribution in [0.2, 0.25) is 0 Å². The summed E-state index contributed by atoms with van der Waals surface area (Å²) in [6.07, 6.45) is 10.9. The molecule has 6 aliphatic carbocycles. The number of nitrogens with zero attached hydrogens (tertiary/aromatic N) is 1. The van der Waals surface area contributed by atoms with E-state index >= 15 is 0 Å². The van der Waals surface area contributed by atoms with Gasteiger partial charge >= 0.3 is 0 Å². The molecule has 3 saturated carbocycles. The third-order valence-corrected chi connectivity index (χ3v) is 17.8. The number of hydrogen-bond acceptors (Lipinski definition) is 9. The number of aliphatic hydroxyl groups is 2. The van der Waals surface area contributed by atoms with E-state index in [1.165, 1.54) is 4.31 Å². The van der Waals surface area contributed by atoms with Gasteiger partial charge in [-0.15, -0.1) is 11.3 Å². The molecule has 2 spiro atoms. The van der Waals surface area contributed by atoms with Crippen molar-refractivity contribution < 1.29 is 37.6 Å². The first-order valence-corrected chi connectivity index (χ1v) is 21.3. The topological polar surface area (TPSA) is 123 Å². The SMILES string of the molecule is COc1ccc(C(=O)C2=C[C@@]34C=C[C@@]25[C@@H]2CC[C@@](O)(CN(Cc6ccc(OC)cc6OC)S(=O)(=O)c6cccs6)[C@@]2(C)CC[C@@H]5[C@@]3(C)CCC(O)C4)cc1. The van der Waals surface area contributed by atoms with Crippen LogP contribution in [0.5, 0.6) is 17.2 Å². The molecule has 11 heteroatoms. The number of sulfonamides is 1. The summed E-state index contributed by atoms with van der Waals surface area (Å²) in [7, 11) is 0.692. The lowest BCUT2D eigenvalue weighted by atomic mass is 9.32. The van der Waals surface area contributed by atoms with Crippen molar-refractivity contribution >= 4 is 27.1 Å². The molecule has 9 nitrogen and oxygen atoms in total. The number of carbonyl (C=O) groups is 1. The third kappa shape index (κ3) is 5.25. The minimum Gasteiger partial charge on any atom is -0.497 e. The molecule has 6 aliphatic rings. The fourth-order valence-corrected chi connectivity index (χ4v) is 14.3. The first-order chi connectivity index (χ1) is 25.7. The molecule has 3 fully saturated rings. The van der Waals surface area contributed by atoms with E-state index in [0.717, 1.165) is 29.8 Å². The molecular formula is C43H51NO8S2. The number of hydrogen-bond donors (Lipinski definition) is 2. The molecular weight excluding hydrogens is 723 g/mol. The van der Waals surface area contributed by atoms with E-state index in [0.29, 0.717) is 60.5 Å². The van der Waals surface area contributed by atoms with Crippen LogP contribution in [-0.4, -0.2) is 68.3 Å². The molecule has 1 unspecified atom stereocenters. The zero-order valence-corrected chi connectivity index (χ0v) is 33.3. The number of rotatable bonds is 11. The largest absolute Gasteiger partial charge is 0.497 e. The van der Waals surface area contributed by atoms with Crippen molar-refractivity contribution in [2.75, 3.05) is 27.9 Å². The van der Waals surface area contributed by atoms with Gasteiger partial charge in [-0.2, -0.15) is 4.31 Å². The van der Waals surface area contributed by atoms with E-state index in [2.05, 4.69) is 32.1 Å². The van der Waals surface area contributed by atoms with Crippen molar-refractivity contribution in [3.8, 4) is 17.2 Å². The second-order valence-corrected chi connectivity index (χ2v) is 19.9. The quantitative estimate of drug-likeness (QED) is 0.152. The normalized spacial score (nSPS) is 35.2. The van der Waals surface area contributed by atoms with Crippen LogP contribution in [0.4, 0.5) is 0 Å². The zero-order chi connectivity index (χ0) is 38.3. The van der Waals surface area contributed by atoms with Gasteiger partial charge in [0.1, 0.15) is 21.5 Å². The molecule has 2 N–H and O–H groups in total. The van der Waals surface area contributed by atoms with Crippen LogP contribution in [0.3, 0.4) is 0 Å². The standard InChI is InChI=1S/C43H51NO8S2/c1-39-17-14-30(45)24-41(39)20-21-43(33(25-41)38(46)28-8-11-31(50-3)12-9-28)35(39)15-18-40(2)36(43)16-19-42(40,47)27-44(54(48,49)37-7-6-22-53-37)26-29-10-13-32(51-4)23-34(29)52-5/h6-13,20-23,25,30,35-36,45,47H,14-19,24,26-27H2,1-5H3/t30?,35-,36-,39-,40+,41+,42-,43-/m1/s1. The minimum atomic E-state index is -4.03. The number of ketones is 1. The van der Waals surface area contributed by atoms with Crippen LogP contribution in [0, 0.1) is 33.5 Å². The highest BCUT2D eigenvalue weighted by Crippen LogP contribution is 2.78. The number of thiophene rings is 1. The van der Waals surface area contributed by atoms with Crippen molar-refractivity contribution in [3.63, 3.8) is 0 Å². The van der Waals surface area contributed by atoms with Crippen LogP contribution in [-0.2, 0) is 16.6 Å². The number of methoxy groups -OCH3 is 3. The molecule has 288 valence electrons. The lowest BCUT2D eigenvalue weighted by molar-refractivity contribution is -0.173. The molecule has 2 aromatic carbocycles. The second kappa shape index (κ2) is 13.0. The Bertz CT molecular complexity index is 2110. The van der Waals surface area contributed by atoms with E-state index in [1.54, 1.807) is 51.0 Å². The lowest BCUT2D eigenvalue weighted by Gasteiger charge is -2.71. The summed E-state index contributed by atoms with van der Waals surface area (Å²) in [5.41, 5.74) is -1.48. The summed E-state index contributed by atoms with van der Waals surface area (Å²) in [5, 5.41) is 26.0. The predicted molar refractivity (Wildman–Crippen MR) is 207 cm³/mol. The molecule has 1 aromatic heterocycles. The van der Waals surface area contributed by atoms with Gasteiger partial charge in [0.25, 0.3) is 10.0 Å². The number of fused-ring (bicyclic) bond motifs is 1. The maximum atomic E-state index is 14.9. The summed E-state index contributed by atoms with van der Waals surface area (Å²) < 4.78 is 47.2. The van der Waals surface area contributed by atoms with E-state index in [-0.39, 0.29) is 40.3 Å². The first kappa shape index (κ1) is 37.4. The monoisotopic (exact) mass is 773 g/mol. The maximum absolute atomic E-state index is 14.9. The molecule has 54 heavy (non-hydrogen) atoms. The van der Waals surface area contributed by atoms with E-state index in [4.69, 9.17) is 14.2 Å². The van der Waals surface area contributed by atoms with Gasteiger partial charge in [0.05, 0.1) is 33.0 Å². The van der Waals surface area contributed by atoms with Gasteiger partial charge in [0.2, 0.25) is 0 Å². The average molecular weight is 774 g/mol. The van der Waals surface area contributed by atoms with Crippen molar-refractivity contribution in [1.82, 2.24) is 4.31 Å². The molecule has 0 aliphatic heterocycles. The average Bonchev–Trinajstić information content (AvgIpc) is 3.81. The van der Waals surface area contributed by atoms with Gasteiger partial charge in [-0.05, 0) is 104 Å². The summed E-state index contributed by atoms with van der Waals surface area (Å²) in [5.74, 6) is 1.70. The first-order valence-electron chi connectivity index (χ1n) is 19.0. The van der Waals surface area contributed by atoms with Gasteiger partial charge in [0, 0.05) is 52.1 Å². The fraction of sp³-hybridized carbons (Fsp3) is 0.512. The molecule has 2 bridgehead atoms. The molecule has 0 radical (unpaired) electrons. The number of Topliss-reactive ketones (excluding diaryl/α,β-unsaturated/α-hetero) is 1. The molecule has 8 atom stereocenters. The molecule has 0 saturated heterocycles. The van der Waals surface area contributed by atoms with Gasteiger partial charge in [-0.25, -0.2) is 8.42 Å². The Kier molecular flexibility index (Phi) is 9.05. The summed E-state index contributed by atoms with van der Waals surface area (Å²) in [4.78, 5) is 14.9. The van der Waals surface area contributed by atoms with Crippen LogP contribution < -0.4 is 14.2 Å². The van der Waals surface area contributed by atoms with Gasteiger partial charge in [0.15, 0.2) is 5.78 Å². The highest BCUT2D eigenvalue weighted by Gasteiger charge is 2.74. The zero-order valence-electron chi connectivity index (χ0n) is 31.7. The summed E-state index contributed by atoms with van der Waals surface area (Å²) in [6, 6.07) is 15.9. The maximum Gasteiger partial charge on any atom is 0.252 e. The Morgan fingerprint density at radius 2 is 1.57 bits per heavy atom. The molecule has 1 heterocycles. The van der Waals surface area contributed by atoms with E-state index in [9.17, 15) is 23.4 Å². The Hall–Kier alpha value is -3.48. The number of ether oxygens (including phenoxy) is 3. The molecule has 0 amide bonds. The highest BCUT2D eigenvalue weighted by atomic mass is 32.2. The van der Waals surface area contributed by atoms with Gasteiger partial charge in [-0.1, -0.05) is 44.2 Å². The Morgan fingerprint density at radius 3 is 2.26 bits per heavy atom. The van der Waals surface area contributed by atoms with Crippen molar-refractivity contribution in [1.29, 1.82) is 0 Å². The van der Waals surface area contributed by atoms with E-state index < -0.39 is 38.0 Å². The molecule has 9 rings (SSSR count). The Balaban J connectivity index is 1.22. The van der Waals surface area contributed by atoms with Gasteiger partial charge < -0.3 is 24.4 Å².